The molecule has 0 spiro atoms. The van der Waals surface area contributed by atoms with Gasteiger partial charge in [-0.15, -0.1) is 6.58 Å². The van der Waals surface area contributed by atoms with Gasteiger partial charge in [-0.05, 0) is 92.7 Å². The van der Waals surface area contributed by atoms with Crippen molar-refractivity contribution in [3.63, 3.8) is 0 Å². The molecule has 1 saturated carbocycles. The van der Waals surface area contributed by atoms with Crippen molar-refractivity contribution < 1.29 is 48.5 Å². The van der Waals surface area contributed by atoms with E-state index in [-0.39, 0.29) is 62.0 Å². The molecule has 1 amide bonds. The number of carbonyl (C=O) groups is 1. The Hall–Kier alpha value is -4.54. The van der Waals surface area contributed by atoms with Gasteiger partial charge in [-0.2, -0.15) is 0 Å². The van der Waals surface area contributed by atoms with Gasteiger partial charge in [0.25, 0.3) is 5.69 Å². The van der Waals surface area contributed by atoms with Gasteiger partial charge in [-0.1, -0.05) is 37.1 Å². The number of non-ortho nitro benzene ring substituents is 1. The van der Waals surface area contributed by atoms with E-state index in [9.17, 15) is 25.1 Å². The van der Waals surface area contributed by atoms with E-state index >= 15 is 0 Å². The molecule has 2 aromatic rings. The SMILES string of the molecule is C=CCO[C@@]12Oc3ccc(OCCN4CC4)cc3[C@H]3[C@H](CCCCO)[C@@H](CCCCO)C=C(C(=NOC4CCCCO4)C[C@@H]1N(CCC)C(=O)Oc1ccc([N+](=O)[O-])cc1)[C@H]32. The van der Waals surface area contributed by atoms with Gasteiger partial charge in [0, 0.05) is 75.8 Å². The molecule has 0 radical (unpaired) electrons. The number of allylic oxidation sites excluding steroid dienone is 1. The first kappa shape index (κ1) is 44.5. The average Bonchev–Trinajstić information content (AvgIpc) is 4.10. The number of aliphatic hydroxyl groups excluding tert-OH is 2. The summed E-state index contributed by atoms with van der Waals surface area (Å²) >= 11 is 0. The van der Waals surface area contributed by atoms with Crippen molar-refractivity contribution in [3.8, 4) is 17.2 Å². The number of ether oxygens (including phenoxy) is 5. The Morgan fingerprint density at radius 1 is 1.08 bits per heavy atom. The van der Waals surface area contributed by atoms with Crippen molar-refractivity contribution in [2.75, 3.05) is 59.2 Å². The number of hydrogen-bond acceptors (Lipinski definition) is 13. The number of carbonyl (C=O) groups excluding carboxylic acids is 1. The van der Waals surface area contributed by atoms with Crippen molar-refractivity contribution in [1.29, 1.82) is 0 Å². The Bertz CT molecular complexity index is 1860. The lowest BCUT2D eigenvalue weighted by atomic mass is 9.55. The summed E-state index contributed by atoms with van der Waals surface area (Å²) < 4.78 is 32.7. The quantitative estimate of drug-likeness (QED) is 0.0397. The normalized spacial score (nSPS) is 27.2. The van der Waals surface area contributed by atoms with Crippen LogP contribution in [-0.4, -0.2) is 114 Å². The molecule has 0 bridgehead atoms. The molecule has 15 nitrogen and oxygen atoms in total. The zero-order chi connectivity index (χ0) is 42.8. The molecule has 2 saturated heterocycles. The number of rotatable bonds is 22. The molecular weight excluding hydrogens is 785 g/mol. The fraction of sp³-hybridized carbons (Fsp3) is 0.609. The summed E-state index contributed by atoms with van der Waals surface area (Å²) in [6.07, 6.45) is 10.8. The van der Waals surface area contributed by atoms with E-state index in [4.69, 9.17) is 33.7 Å². The maximum Gasteiger partial charge on any atom is 0.415 e. The first-order chi connectivity index (χ1) is 29.8. The Labute approximate surface area is 358 Å². The highest BCUT2D eigenvalue weighted by Gasteiger charge is 2.65. The van der Waals surface area contributed by atoms with Gasteiger partial charge >= 0.3 is 6.09 Å². The van der Waals surface area contributed by atoms with Crippen LogP contribution in [0.25, 0.3) is 0 Å². The van der Waals surface area contributed by atoms with Crippen LogP contribution >= 0.6 is 0 Å². The number of nitrogens with zero attached hydrogens (tertiary/aromatic N) is 4. The number of nitro groups is 1. The molecule has 3 aliphatic heterocycles. The fourth-order valence-electron chi connectivity index (χ4n) is 9.65. The van der Waals surface area contributed by atoms with E-state index in [1.807, 2.05) is 19.1 Å². The summed E-state index contributed by atoms with van der Waals surface area (Å²) in [4.78, 5) is 35.7. The average molecular weight is 847 g/mol. The summed E-state index contributed by atoms with van der Waals surface area (Å²) in [5, 5.41) is 36.2. The lowest BCUT2D eigenvalue weighted by molar-refractivity contribution is -0.384. The maximum absolute atomic E-state index is 14.6. The Balaban J connectivity index is 1.39. The number of fused-ring (bicyclic) bond motifs is 2. The predicted octanol–water partition coefficient (Wildman–Crippen LogP) is 7.36. The van der Waals surface area contributed by atoms with Gasteiger partial charge in [-0.3, -0.25) is 19.9 Å². The van der Waals surface area contributed by atoms with Crippen LogP contribution in [0.2, 0.25) is 0 Å². The van der Waals surface area contributed by atoms with E-state index in [2.05, 4.69) is 23.6 Å². The van der Waals surface area contributed by atoms with E-state index in [0.29, 0.717) is 50.4 Å². The lowest BCUT2D eigenvalue weighted by Crippen LogP contribution is -2.70. The molecular formula is C46H62N4O11. The van der Waals surface area contributed by atoms with Crippen LogP contribution < -0.4 is 14.2 Å². The number of amides is 1. The molecule has 0 aromatic heterocycles. The lowest BCUT2D eigenvalue weighted by Gasteiger charge is -2.59. The molecule has 1 unspecified atom stereocenters. The molecule has 3 heterocycles. The Kier molecular flexibility index (Phi) is 15.3. The Morgan fingerprint density at radius 3 is 2.54 bits per heavy atom. The molecule has 5 aliphatic rings. The zero-order valence-electron chi connectivity index (χ0n) is 35.4. The van der Waals surface area contributed by atoms with Gasteiger partial charge in [0.05, 0.1) is 29.8 Å². The first-order valence-corrected chi connectivity index (χ1v) is 22.2. The zero-order valence-corrected chi connectivity index (χ0v) is 35.4. The topological polar surface area (TPSA) is 175 Å². The minimum Gasteiger partial charge on any atom is -0.492 e. The van der Waals surface area contributed by atoms with Crippen molar-refractivity contribution in [3.05, 3.63) is 82.4 Å². The number of oxime groups is 1. The van der Waals surface area contributed by atoms with Gasteiger partial charge < -0.3 is 38.7 Å². The summed E-state index contributed by atoms with van der Waals surface area (Å²) in [5.74, 6) is -0.524. The van der Waals surface area contributed by atoms with Gasteiger partial charge in [0.1, 0.15) is 29.9 Å². The fourth-order valence-corrected chi connectivity index (χ4v) is 9.65. The Morgan fingerprint density at radius 2 is 1.85 bits per heavy atom. The molecule has 2 aliphatic carbocycles. The number of benzene rings is 2. The van der Waals surface area contributed by atoms with Crippen molar-refractivity contribution in [2.45, 2.75) is 102 Å². The molecule has 2 aromatic carbocycles. The second-order valence-corrected chi connectivity index (χ2v) is 16.7. The van der Waals surface area contributed by atoms with Gasteiger partial charge in [0.15, 0.2) is 0 Å². The second kappa shape index (κ2) is 21.0. The van der Waals surface area contributed by atoms with Crippen LogP contribution in [0, 0.1) is 27.9 Å². The largest absolute Gasteiger partial charge is 0.492 e. The first-order valence-electron chi connectivity index (χ1n) is 22.2. The van der Waals surface area contributed by atoms with Crippen LogP contribution in [0.4, 0.5) is 10.5 Å². The predicted molar refractivity (Wildman–Crippen MR) is 228 cm³/mol. The van der Waals surface area contributed by atoms with Crippen LogP contribution in [0.5, 0.6) is 17.2 Å². The maximum atomic E-state index is 14.6. The van der Waals surface area contributed by atoms with Crippen LogP contribution in [0.3, 0.4) is 0 Å². The van der Waals surface area contributed by atoms with E-state index in [1.165, 1.54) is 24.3 Å². The van der Waals surface area contributed by atoms with E-state index in [1.54, 1.807) is 11.0 Å². The number of nitro benzene ring substituents is 1. The van der Waals surface area contributed by atoms with Crippen molar-refractivity contribution in [1.82, 2.24) is 9.80 Å². The second-order valence-electron chi connectivity index (χ2n) is 16.7. The molecule has 2 N–H and O–H groups in total. The summed E-state index contributed by atoms with van der Waals surface area (Å²) in [6, 6.07) is 10.6. The summed E-state index contributed by atoms with van der Waals surface area (Å²) in [6.45, 7) is 10.7. The third-order valence-corrected chi connectivity index (χ3v) is 12.6. The molecule has 61 heavy (non-hydrogen) atoms. The van der Waals surface area contributed by atoms with Gasteiger partial charge in [-0.25, -0.2) is 4.79 Å². The molecule has 7 atom stereocenters. The third kappa shape index (κ3) is 10.4. The van der Waals surface area contributed by atoms with Gasteiger partial charge in [0.2, 0.25) is 12.1 Å². The highest BCUT2D eigenvalue weighted by atomic mass is 16.8. The van der Waals surface area contributed by atoms with Crippen LogP contribution in [-0.2, 0) is 14.3 Å². The highest BCUT2D eigenvalue weighted by Crippen LogP contribution is 2.62. The monoisotopic (exact) mass is 846 g/mol. The third-order valence-electron chi connectivity index (χ3n) is 12.6. The highest BCUT2D eigenvalue weighted by molar-refractivity contribution is 6.03. The number of aliphatic hydroxyl groups is 2. The minimum absolute atomic E-state index is 0.0513. The van der Waals surface area contributed by atoms with E-state index < -0.39 is 35.1 Å². The van der Waals surface area contributed by atoms with Crippen LogP contribution in [0.1, 0.15) is 89.0 Å². The summed E-state index contributed by atoms with van der Waals surface area (Å²) in [5.41, 5.74) is 2.44. The summed E-state index contributed by atoms with van der Waals surface area (Å²) in [7, 11) is 0. The molecule has 15 heteroatoms. The minimum atomic E-state index is -1.46. The van der Waals surface area contributed by atoms with Crippen molar-refractivity contribution >= 4 is 17.5 Å². The van der Waals surface area contributed by atoms with Crippen LogP contribution in [0.15, 0.2) is 71.9 Å². The number of hydrogen-bond donors (Lipinski definition) is 2. The number of unbranched alkanes of at least 4 members (excludes halogenated alkanes) is 2. The molecule has 3 fully saturated rings. The smallest absolute Gasteiger partial charge is 0.415 e. The molecule has 7 rings (SSSR count). The van der Waals surface area contributed by atoms with Crippen molar-refractivity contribution in [2.24, 2.45) is 22.9 Å². The van der Waals surface area contributed by atoms with E-state index in [0.717, 1.165) is 75.0 Å². The standard InChI is InChI=1S/C46H62N4O11/c1-3-20-49(45(53)59-34-16-14-33(15-17-34)50(54)55)41-31-39(47-61-42-13-7-10-27-57-42)37-29-32(11-5-8-24-51)36(12-6-9-25-52)43-38-30-35(56-28-23-48-21-22-48)18-19-40(38)60-46(41,44(37)43)58-26-4-2/h4,14-19,29-30,32,36,41-44,51-52H,2-3,5-13,20-28,31H2,1H3/t32-,36+,41-,42?,43+,44+,46+/m0/s1. The molecule has 332 valence electrons.